The number of hydrogen-bond acceptors (Lipinski definition) is 5. The van der Waals surface area contributed by atoms with E-state index in [1.54, 1.807) is 12.3 Å². The Kier molecular flexibility index (Phi) is 3.48. The highest BCUT2D eigenvalue weighted by molar-refractivity contribution is 6.30. The van der Waals surface area contributed by atoms with Gasteiger partial charge in [-0.05, 0) is 6.07 Å². The van der Waals surface area contributed by atoms with Gasteiger partial charge in [-0.2, -0.15) is 0 Å². The van der Waals surface area contributed by atoms with Crippen LogP contribution in [0, 0.1) is 0 Å². The summed E-state index contributed by atoms with van der Waals surface area (Å²) in [5, 5.41) is 9.76. The number of nitrogens with two attached hydrogens (primary N) is 1. The first-order chi connectivity index (χ1) is 7.72. The Hall–Kier alpha value is -1.04. The van der Waals surface area contributed by atoms with Gasteiger partial charge in [-0.3, -0.25) is 0 Å². The Balaban J connectivity index is 2.27. The fourth-order valence-electron chi connectivity index (χ4n) is 1.77. The number of nitrogen functional groups attached to an aromatic ring is 1. The van der Waals surface area contributed by atoms with Crippen LogP contribution in [0.2, 0.25) is 5.02 Å². The topological polar surface area (TPSA) is 71.6 Å². The second-order valence-electron chi connectivity index (χ2n) is 3.67. The van der Waals surface area contributed by atoms with Crippen molar-refractivity contribution in [3.05, 3.63) is 17.3 Å². The number of nitrogens with zero attached hydrogens (tertiary/aromatic N) is 2. The third-order valence-corrected chi connectivity index (χ3v) is 2.78. The fourth-order valence-corrected chi connectivity index (χ4v) is 1.94. The molecule has 1 aliphatic rings. The second-order valence-corrected chi connectivity index (χ2v) is 4.11. The standard InChI is InChI=1S/C10H14ClN3O2/c11-7-3-9(12)10(13-4-7)14-1-2-16-6-8(14)5-15/h3-4,8,15H,1-2,5-6,12H2. The van der Waals surface area contributed by atoms with Gasteiger partial charge in [0, 0.05) is 12.7 Å². The normalized spacial score (nSPS) is 21.1. The van der Waals surface area contributed by atoms with Crippen LogP contribution in [0.5, 0.6) is 0 Å². The van der Waals surface area contributed by atoms with E-state index in [9.17, 15) is 5.11 Å². The van der Waals surface area contributed by atoms with Crippen molar-refractivity contribution in [1.82, 2.24) is 4.98 Å². The van der Waals surface area contributed by atoms with Crippen molar-refractivity contribution in [3.8, 4) is 0 Å². The maximum absolute atomic E-state index is 9.25. The molecule has 2 heterocycles. The van der Waals surface area contributed by atoms with Gasteiger partial charge in [-0.15, -0.1) is 0 Å². The van der Waals surface area contributed by atoms with Crippen molar-refractivity contribution < 1.29 is 9.84 Å². The molecule has 6 heteroatoms. The summed E-state index contributed by atoms with van der Waals surface area (Å²) in [5.41, 5.74) is 6.38. The van der Waals surface area contributed by atoms with Crippen LogP contribution in [0.1, 0.15) is 0 Å². The zero-order chi connectivity index (χ0) is 11.5. The van der Waals surface area contributed by atoms with Crippen LogP contribution in [-0.4, -0.2) is 42.5 Å². The van der Waals surface area contributed by atoms with Crippen molar-refractivity contribution in [1.29, 1.82) is 0 Å². The molecule has 0 aromatic carbocycles. The van der Waals surface area contributed by atoms with E-state index in [-0.39, 0.29) is 12.6 Å². The van der Waals surface area contributed by atoms with Crippen LogP contribution in [0.25, 0.3) is 0 Å². The highest BCUT2D eigenvalue weighted by Gasteiger charge is 2.24. The second kappa shape index (κ2) is 4.86. The zero-order valence-corrected chi connectivity index (χ0v) is 9.52. The molecule has 1 aromatic rings. The maximum Gasteiger partial charge on any atom is 0.152 e. The number of aromatic nitrogens is 1. The van der Waals surface area contributed by atoms with Gasteiger partial charge in [0.2, 0.25) is 0 Å². The number of hydrogen-bond donors (Lipinski definition) is 2. The zero-order valence-electron chi connectivity index (χ0n) is 8.77. The van der Waals surface area contributed by atoms with Gasteiger partial charge in [0.1, 0.15) is 0 Å². The number of pyridine rings is 1. The van der Waals surface area contributed by atoms with Gasteiger partial charge >= 0.3 is 0 Å². The minimum absolute atomic E-state index is 0.0176. The monoisotopic (exact) mass is 243 g/mol. The number of aliphatic hydroxyl groups is 1. The Bertz CT molecular complexity index is 375. The molecule has 1 atom stereocenters. The van der Waals surface area contributed by atoms with E-state index in [1.807, 2.05) is 4.90 Å². The highest BCUT2D eigenvalue weighted by atomic mass is 35.5. The lowest BCUT2D eigenvalue weighted by Crippen LogP contribution is -2.48. The van der Waals surface area contributed by atoms with Crippen LogP contribution in [0.15, 0.2) is 12.3 Å². The molecule has 1 unspecified atom stereocenters. The average molecular weight is 244 g/mol. The van der Waals surface area contributed by atoms with Crippen molar-refractivity contribution in [3.63, 3.8) is 0 Å². The molecule has 3 N–H and O–H groups in total. The third kappa shape index (κ3) is 2.21. The molecule has 0 saturated carbocycles. The molecule has 16 heavy (non-hydrogen) atoms. The van der Waals surface area contributed by atoms with Crippen molar-refractivity contribution >= 4 is 23.1 Å². The van der Waals surface area contributed by atoms with E-state index >= 15 is 0 Å². The average Bonchev–Trinajstić information content (AvgIpc) is 2.29. The number of anilines is 2. The van der Waals surface area contributed by atoms with E-state index in [2.05, 4.69) is 4.98 Å². The molecule has 0 spiro atoms. The quantitative estimate of drug-likeness (QED) is 0.792. The summed E-state index contributed by atoms with van der Waals surface area (Å²) in [6, 6.07) is 1.57. The molecule has 1 fully saturated rings. The molecule has 1 aliphatic heterocycles. The van der Waals surface area contributed by atoms with Crippen LogP contribution in [-0.2, 0) is 4.74 Å². The number of rotatable bonds is 2. The van der Waals surface area contributed by atoms with E-state index in [0.29, 0.717) is 36.3 Å². The molecule has 88 valence electrons. The minimum Gasteiger partial charge on any atom is -0.396 e. The molecule has 1 saturated heterocycles. The maximum atomic E-state index is 9.25. The Morgan fingerprint density at radius 1 is 1.69 bits per heavy atom. The Labute approximate surface area is 98.8 Å². The third-order valence-electron chi connectivity index (χ3n) is 2.57. The lowest BCUT2D eigenvalue weighted by atomic mass is 10.2. The van der Waals surface area contributed by atoms with Crippen molar-refractivity contribution in [2.24, 2.45) is 0 Å². The lowest BCUT2D eigenvalue weighted by Gasteiger charge is -2.35. The van der Waals surface area contributed by atoms with Crippen LogP contribution in [0.3, 0.4) is 0 Å². The Morgan fingerprint density at radius 2 is 2.50 bits per heavy atom. The van der Waals surface area contributed by atoms with Gasteiger partial charge in [-0.1, -0.05) is 11.6 Å². The molecular formula is C10H14ClN3O2. The molecule has 0 amide bonds. The number of halogens is 1. The van der Waals surface area contributed by atoms with Gasteiger partial charge in [0.05, 0.1) is 36.6 Å². The molecule has 2 rings (SSSR count). The first-order valence-electron chi connectivity index (χ1n) is 5.08. The Morgan fingerprint density at radius 3 is 3.19 bits per heavy atom. The lowest BCUT2D eigenvalue weighted by molar-refractivity contribution is 0.0724. The van der Waals surface area contributed by atoms with Gasteiger partial charge in [0.15, 0.2) is 5.82 Å². The summed E-state index contributed by atoms with van der Waals surface area (Å²) in [7, 11) is 0. The number of morpholine rings is 1. The van der Waals surface area contributed by atoms with Crippen molar-refractivity contribution in [2.45, 2.75) is 6.04 Å². The smallest absolute Gasteiger partial charge is 0.152 e. The SMILES string of the molecule is Nc1cc(Cl)cnc1N1CCOCC1CO. The first-order valence-corrected chi connectivity index (χ1v) is 5.46. The van der Waals surface area contributed by atoms with Gasteiger partial charge in [0.25, 0.3) is 0 Å². The van der Waals surface area contributed by atoms with Crippen molar-refractivity contribution in [2.75, 3.05) is 37.0 Å². The minimum atomic E-state index is -0.0928. The number of aliphatic hydroxyl groups excluding tert-OH is 1. The largest absolute Gasteiger partial charge is 0.396 e. The molecular weight excluding hydrogens is 230 g/mol. The molecule has 0 radical (unpaired) electrons. The predicted octanol–water partition coefficient (Wildman–Crippen LogP) is 0.515. The summed E-state index contributed by atoms with van der Waals surface area (Å²) in [4.78, 5) is 6.16. The predicted molar refractivity (Wildman–Crippen MR) is 62.7 cm³/mol. The van der Waals surface area contributed by atoms with E-state index in [1.165, 1.54) is 0 Å². The summed E-state index contributed by atoms with van der Waals surface area (Å²) in [6.45, 7) is 1.79. The molecule has 1 aromatic heterocycles. The fraction of sp³-hybridized carbons (Fsp3) is 0.500. The summed E-state index contributed by atoms with van der Waals surface area (Å²) >= 11 is 5.79. The first kappa shape index (κ1) is 11.4. The van der Waals surface area contributed by atoms with E-state index < -0.39 is 0 Å². The van der Waals surface area contributed by atoms with E-state index in [0.717, 1.165) is 0 Å². The molecule has 5 nitrogen and oxygen atoms in total. The van der Waals surface area contributed by atoms with Crippen LogP contribution in [0.4, 0.5) is 11.5 Å². The highest BCUT2D eigenvalue weighted by Crippen LogP contribution is 2.26. The molecule has 0 aliphatic carbocycles. The van der Waals surface area contributed by atoms with E-state index in [4.69, 9.17) is 22.1 Å². The van der Waals surface area contributed by atoms with Crippen LogP contribution >= 0.6 is 11.6 Å². The van der Waals surface area contributed by atoms with Gasteiger partial charge < -0.3 is 20.5 Å². The van der Waals surface area contributed by atoms with Crippen LogP contribution < -0.4 is 10.6 Å². The molecule has 0 bridgehead atoms. The number of ether oxygens (including phenoxy) is 1. The van der Waals surface area contributed by atoms with Gasteiger partial charge in [-0.25, -0.2) is 4.98 Å². The summed E-state index contributed by atoms with van der Waals surface area (Å²) in [6.07, 6.45) is 1.55. The summed E-state index contributed by atoms with van der Waals surface area (Å²) < 4.78 is 5.29. The summed E-state index contributed by atoms with van der Waals surface area (Å²) in [5.74, 6) is 0.659.